The molecule has 0 aromatic carbocycles. The maximum atomic E-state index is 12.1. The standard InChI is InChI=1S/C11H15N2O2PS2/c1-4-15-16(3,14)5-9-7-18-11(13-9)10-12-8(2)6-17-10/h6-7H,4-5H2,1-3H3. The molecule has 2 heterocycles. The van der Waals surface area contributed by atoms with Gasteiger partial charge in [-0.25, -0.2) is 9.97 Å². The number of aryl methyl sites for hydroxylation is 1. The van der Waals surface area contributed by atoms with Crippen LogP contribution in [0.15, 0.2) is 10.8 Å². The van der Waals surface area contributed by atoms with Gasteiger partial charge < -0.3 is 4.52 Å². The lowest BCUT2D eigenvalue weighted by Crippen LogP contribution is -1.93. The van der Waals surface area contributed by atoms with Crippen LogP contribution >= 0.6 is 30.0 Å². The van der Waals surface area contributed by atoms with Gasteiger partial charge in [0.15, 0.2) is 10.0 Å². The van der Waals surface area contributed by atoms with Crippen LogP contribution in [-0.2, 0) is 15.3 Å². The Bertz CT molecular complexity index is 579. The Labute approximate surface area is 115 Å². The van der Waals surface area contributed by atoms with Gasteiger partial charge in [0.2, 0.25) is 7.37 Å². The molecule has 0 amide bonds. The lowest BCUT2D eigenvalue weighted by atomic mass is 10.5. The van der Waals surface area contributed by atoms with Gasteiger partial charge in [-0.05, 0) is 13.8 Å². The molecule has 2 rings (SSSR count). The fraction of sp³-hybridized carbons (Fsp3) is 0.455. The molecule has 0 aliphatic rings. The van der Waals surface area contributed by atoms with Crippen molar-refractivity contribution in [3.8, 4) is 10.0 Å². The van der Waals surface area contributed by atoms with E-state index >= 15 is 0 Å². The molecule has 1 atom stereocenters. The van der Waals surface area contributed by atoms with E-state index in [2.05, 4.69) is 9.97 Å². The van der Waals surface area contributed by atoms with Gasteiger partial charge in [0.05, 0.1) is 18.5 Å². The average Bonchev–Trinajstić information content (AvgIpc) is 2.86. The molecule has 98 valence electrons. The quantitative estimate of drug-likeness (QED) is 0.783. The average molecular weight is 302 g/mol. The maximum Gasteiger partial charge on any atom is 0.206 e. The Morgan fingerprint density at radius 3 is 2.56 bits per heavy atom. The minimum atomic E-state index is -2.56. The third-order valence-electron chi connectivity index (χ3n) is 2.21. The minimum absolute atomic E-state index is 0.391. The predicted molar refractivity (Wildman–Crippen MR) is 76.8 cm³/mol. The minimum Gasteiger partial charge on any atom is -0.329 e. The molecule has 2 aromatic rings. The lowest BCUT2D eigenvalue weighted by Gasteiger charge is -2.10. The Morgan fingerprint density at radius 1 is 1.28 bits per heavy atom. The summed E-state index contributed by atoms with van der Waals surface area (Å²) < 4.78 is 17.3. The van der Waals surface area contributed by atoms with Crippen LogP contribution in [0.1, 0.15) is 18.3 Å². The number of thiazole rings is 2. The normalized spacial score (nSPS) is 14.6. The van der Waals surface area contributed by atoms with Crippen molar-refractivity contribution < 1.29 is 9.09 Å². The van der Waals surface area contributed by atoms with Crippen LogP contribution in [0.4, 0.5) is 0 Å². The van der Waals surface area contributed by atoms with Gasteiger partial charge in [-0.1, -0.05) is 0 Å². The van der Waals surface area contributed by atoms with E-state index in [0.717, 1.165) is 21.4 Å². The van der Waals surface area contributed by atoms with E-state index in [4.69, 9.17) is 4.52 Å². The van der Waals surface area contributed by atoms with Gasteiger partial charge in [-0.3, -0.25) is 4.57 Å². The summed E-state index contributed by atoms with van der Waals surface area (Å²) in [7, 11) is -2.56. The summed E-state index contributed by atoms with van der Waals surface area (Å²) in [6, 6.07) is 0. The number of rotatable bonds is 5. The smallest absolute Gasteiger partial charge is 0.206 e. The highest BCUT2D eigenvalue weighted by Gasteiger charge is 2.18. The van der Waals surface area contributed by atoms with Crippen LogP contribution in [-0.4, -0.2) is 23.2 Å². The molecule has 4 nitrogen and oxygen atoms in total. The summed E-state index contributed by atoms with van der Waals surface area (Å²) in [6.45, 7) is 5.93. The molecule has 0 radical (unpaired) electrons. The van der Waals surface area contributed by atoms with Gasteiger partial charge in [0.25, 0.3) is 0 Å². The van der Waals surface area contributed by atoms with Gasteiger partial charge in [0, 0.05) is 23.1 Å². The van der Waals surface area contributed by atoms with Crippen LogP contribution in [0.2, 0.25) is 0 Å². The Hall–Kier alpha value is -0.550. The number of nitrogens with zero attached hydrogens (tertiary/aromatic N) is 2. The molecule has 1 unspecified atom stereocenters. The van der Waals surface area contributed by atoms with Crippen molar-refractivity contribution in [1.82, 2.24) is 9.97 Å². The van der Waals surface area contributed by atoms with Crippen molar-refractivity contribution >= 4 is 30.0 Å². The van der Waals surface area contributed by atoms with Crippen LogP contribution in [0.5, 0.6) is 0 Å². The third-order valence-corrected chi connectivity index (χ3v) is 5.90. The summed E-state index contributed by atoms with van der Waals surface area (Å²) in [4.78, 5) is 8.87. The van der Waals surface area contributed by atoms with E-state index in [1.54, 1.807) is 18.0 Å². The zero-order valence-electron chi connectivity index (χ0n) is 10.5. The van der Waals surface area contributed by atoms with E-state index in [1.165, 1.54) is 11.3 Å². The molecule has 18 heavy (non-hydrogen) atoms. The zero-order chi connectivity index (χ0) is 13.2. The van der Waals surface area contributed by atoms with E-state index in [9.17, 15) is 4.57 Å². The molecule has 0 spiro atoms. The highest BCUT2D eigenvalue weighted by Crippen LogP contribution is 2.46. The van der Waals surface area contributed by atoms with Crippen molar-refractivity contribution in [3.05, 3.63) is 22.1 Å². The maximum absolute atomic E-state index is 12.1. The number of hydrogen-bond acceptors (Lipinski definition) is 6. The molecule has 0 bridgehead atoms. The fourth-order valence-corrected chi connectivity index (χ4v) is 4.72. The van der Waals surface area contributed by atoms with Crippen molar-refractivity contribution in [1.29, 1.82) is 0 Å². The van der Waals surface area contributed by atoms with E-state index in [1.807, 2.05) is 24.6 Å². The Balaban J connectivity index is 2.14. The SMILES string of the molecule is CCOP(C)(=O)Cc1csc(-c2nc(C)cs2)n1. The van der Waals surface area contributed by atoms with Crippen LogP contribution in [0, 0.1) is 6.92 Å². The molecular formula is C11H15N2O2PS2. The highest BCUT2D eigenvalue weighted by molar-refractivity contribution is 7.57. The Morgan fingerprint density at radius 2 is 1.94 bits per heavy atom. The van der Waals surface area contributed by atoms with Gasteiger partial charge in [-0.15, -0.1) is 22.7 Å². The van der Waals surface area contributed by atoms with Gasteiger partial charge in [0.1, 0.15) is 0 Å². The van der Waals surface area contributed by atoms with Crippen molar-refractivity contribution in [2.45, 2.75) is 20.0 Å². The summed E-state index contributed by atoms with van der Waals surface area (Å²) >= 11 is 3.12. The van der Waals surface area contributed by atoms with E-state index < -0.39 is 7.37 Å². The number of hydrogen-bond donors (Lipinski definition) is 0. The summed E-state index contributed by atoms with van der Waals surface area (Å²) in [5.41, 5.74) is 1.82. The fourth-order valence-electron chi connectivity index (χ4n) is 1.54. The molecule has 0 aliphatic heterocycles. The first-order chi connectivity index (χ1) is 8.50. The lowest BCUT2D eigenvalue weighted by molar-refractivity contribution is 0.336. The van der Waals surface area contributed by atoms with Gasteiger partial charge >= 0.3 is 0 Å². The molecule has 7 heteroatoms. The topological polar surface area (TPSA) is 52.1 Å². The molecule has 0 aliphatic carbocycles. The molecular weight excluding hydrogens is 287 g/mol. The van der Waals surface area contributed by atoms with Gasteiger partial charge in [-0.2, -0.15) is 0 Å². The van der Waals surface area contributed by atoms with E-state index in [0.29, 0.717) is 12.8 Å². The molecule has 0 saturated carbocycles. The first-order valence-electron chi connectivity index (χ1n) is 5.58. The van der Waals surface area contributed by atoms with Crippen LogP contribution in [0.3, 0.4) is 0 Å². The van der Waals surface area contributed by atoms with Crippen LogP contribution in [0.25, 0.3) is 10.0 Å². The molecule has 2 aromatic heterocycles. The second-order valence-corrected chi connectivity index (χ2v) is 8.35. The first kappa shape index (κ1) is 13.9. The number of aromatic nitrogens is 2. The summed E-state index contributed by atoms with van der Waals surface area (Å²) in [6.07, 6.45) is 0.391. The highest BCUT2D eigenvalue weighted by atomic mass is 32.1. The molecule has 0 saturated heterocycles. The zero-order valence-corrected chi connectivity index (χ0v) is 13.1. The first-order valence-corrected chi connectivity index (χ1v) is 9.60. The van der Waals surface area contributed by atoms with Crippen LogP contribution < -0.4 is 0 Å². The van der Waals surface area contributed by atoms with E-state index in [-0.39, 0.29) is 0 Å². The van der Waals surface area contributed by atoms with Crippen molar-refractivity contribution in [3.63, 3.8) is 0 Å². The third kappa shape index (κ3) is 3.48. The summed E-state index contributed by atoms with van der Waals surface area (Å²) in [5, 5.41) is 5.74. The monoisotopic (exact) mass is 302 g/mol. The molecule has 0 N–H and O–H groups in total. The largest absolute Gasteiger partial charge is 0.329 e. The van der Waals surface area contributed by atoms with Crippen molar-refractivity contribution in [2.75, 3.05) is 13.3 Å². The second-order valence-electron chi connectivity index (χ2n) is 4.03. The summed E-state index contributed by atoms with van der Waals surface area (Å²) in [5.74, 6) is 0. The van der Waals surface area contributed by atoms with Crippen molar-refractivity contribution in [2.24, 2.45) is 0 Å². The predicted octanol–water partition coefficient (Wildman–Crippen LogP) is 4.02. The Kier molecular flexibility index (Phi) is 4.33. The molecule has 0 fully saturated rings. The second kappa shape index (κ2) is 5.61.